The second kappa shape index (κ2) is 10.6. The summed E-state index contributed by atoms with van der Waals surface area (Å²) in [6, 6.07) is 4.18. The van der Waals surface area contributed by atoms with Crippen molar-refractivity contribution in [3.8, 4) is 5.75 Å². The van der Waals surface area contributed by atoms with Gasteiger partial charge in [0.2, 0.25) is 11.9 Å². The third-order valence-electron chi connectivity index (χ3n) is 6.88. The standard InChI is InChI=1S/C28H36N8O3/c1-7-19(13-23(29-5)31-26(37)17-8-9-17)39-20-12-21-25(30-15-20)33-27(35(21)6)32-24-14-22(28(2,3)4)36(34-24)18-10-11-38-16-18/h7,12-15,17-18H,5,8-11,16H2,1-4,6H3,(H,31,37)(H,30,32,33,34)/b19-7+,23-13+/t18-/m1/s1. The SMILES string of the molecule is C=N/C(=C\C(=C/C)Oc1cnc2nc(Nc3cc(C(C)(C)C)n([C@@H]4CCOC4)n3)n(C)c2c1)NC(=O)C1CC1. The number of rotatable bonds is 9. The summed E-state index contributed by atoms with van der Waals surface area (Å²) in [5.74, 6) is 2.74. The van der Waals surface area contributed by atoms with Crippen LogP contribution < -0.4 is 15.4 Å². The number of aliphatic imine (C=N–C) groups is 1. The van der Waals surface area contributed by atoms with E-state index in [9.17, 15) is 4.79 Å². The first-order valence-electron chi connectivity index (χ1n) is 13.3. The first-order chi connectivity index (χ1) is 18.7. The van der Waals surface area contributed by atoms with Crippen molar-refractivity contribution in [3.05, 3.63) is 47.8 Å². The zero-order chi connectivity index (χ0) is 27.7. The van der Waals surface area contributed by atoms with Crippen molar-refractivity contribution in [1.82, 2.24) is 29.6 Å². The number of carbonyl (C=O) groups is 1. The monoisotopic (exact) mass is 532 g/mol. The first kappa shape index (κ1) is 26.6. The number of hydrogen-bond acceptors (Lipinski definition) is 8. The van der Waals surface area contributed by atoms with E-state index < -0.39 is 0 Å². The van der Waals surface area contributed by atoms with E-state index in [0.717, 1.165) is 42.9 Å². The lowest BCUT2D eigenvalue weighted by molar-refractivity contribution is -0.121. The van der Waals surface area contributed by atoms with Gasteiger partial charge in [-0.15, -0.1) is 0 Å². The Morgan fingerprint density at radius 2 is 2.08 bits per heavy atom. The molecular formula is C28H36N8O3. The predicted octanol–water partition coefficient (Wildman–Crippen LogP) is 4.52. The number of aryl methyl sites for hydroxylation is 1. The molecule has 2 fully saturated rings. The van der Waals surface area contributed by atoms with Crippen LogP contribution in [0.2, 0.25) is 0 Å². The number of nitrogens with zero attached hydrogens (tertiary/aromatic N) is 6. The van der Waals surface area contributed by atoms with Gasteiger partial charge in [0.15, 0.2) is 11.5 Å². The van der Waals surface area contributed by atoms with Crippen LogP contribution in [-0.2, 0) is 22.0 Å². The highest BCUT2D eigenvalue weighted by molar-refractivity contribution is 5.82. The van der Waals surface area contributed by atoms with Gasteiger partial charge in [0.05, 0.1) is 24.4 Å². The first-order valence-corrected chi connectivity index (χ1v) is 13.3. The Kier molecular flexibility index (Phi) is 7.26. The van der Waals surface area contributed by atoms with Gasteiger partial charge in [0, 0.05) is 48.9 Å². The number of fused-ring (bicyclic) bond motifs is 1. The number of anilines is 2. The molecule has 2 aliphatic rings. The highest BCUT2D eigenvalue weighted by Gasteiger charge is 2.30. The van der Waals surface area contributed by atoms with Gasteiger partial charge < -0.3 is 24.7 Å². The average Bonchev–Trinajstić information content (AvgIpc) is 3.30. The molecule has 0 bridgehead atoms. The molecule has 3 aromatic heterocycles. The maximum absolute atomic E-state index is 12.1. The molecular weight excluding hydrogens is 496 g/mol. The molecule has 1 saturated heterocycles. The Morgan fingerprint density at radius 3 is 2.72 bits per heavy atom. The summed E-state index contributed by atoms with van der Waals surface area (Å²) in [6.45, 7) is 13.4. The van der Waals surface area contributed by atoms with Crippen LogP contribution in [0, 0.1) is 5.92 Å². The number of allylic oxidation sites excluding steroid dienone is 2. The second-order valence-corrected chi connectivity index (χ2v) is 11.0. The van der Waals surface area contributed by atoms with Gasteiger partial charge in [-0.2, -0.15) is 10.1 Å². The smallest absolute Gasteiger partial charge is 0.228 e. The number of ether oxygens (including phenoxy) is 2. The van der Waals surface area contributed by atoms with E-state index in [4.69, 9.17) is 14.6 Å². The number of carbonyl (C=O) groups excluding carboxylic acids is 1. The fraction of sp³-hybridized carbons (Fsp3) is 0.464. The molecule has 11 heteroatoms. The molecule has 2 N–H and O–H groups in total. The minimum Gasteiger partial charge on any atom is -0.456 e. The summed E-state index contributed by atoms with van der Waals surface area (Å²) in [6.07, 6.45) is 7.81. The van der Waals surface area contributed by atoms with Crippen LogP contribution >= 0.6 is 0 Å². The van der Waals surface area contributed by atoms with Crippen LogP contribution in [0.4, 0.5) is 11.8 Å². The maximum atomic E-state index is 12.1. The van der Waals surface area contributed by atoms with Crippen molar-refractivity contribution in [1.29, 1.82) is 0 Å². The van der Waals surface area contributed by atoms with Crippen LogP contribution in [0.3, 0.4) is 0 Å². The number of imidazole rings is 1. The van der Waals surface area contributed by atoms with Gasteiger partial charge in [0.1, 0.15) is 17.3 Å². The van der Waals surface area contributed by atoms with E-state index >= 15 is 0 Å². The lowest BCUT2D eigenvalue weighted by atomic mass is 9.91. The summed E-state index contributed by atoms with van der Waals surface area (Å²) < 4.78 is 15.7. The largest absolute Gasteiger partial charge is 0.456 e. The summed E-state index contributed by atoms with van der Waals surface area (Å²) in [4.78, 5) is 25.2. The molecule has 1 saturated carbocycles. The zero-order valence-corrected chi connectivity index (χ0v) is 23.2. The van der Waals surface area contributed by atoms with Gasteiger partial charge in [-0.3, -0.25) is 9.48 Å². The molecule has 39 heavy (non-hydrogen) atoms. The van der Waals surface area contributed by atoms with Crippen molar-refractivity contribution in [2.24, 2.45) is 18.0 Å². The average molecular weight is 533 g/mol. The second-order valence-electron chi connectivity index (χ2n) is 11.0. The molecule has 206 valence electrons. The number of pyridine rings is 1. The normalized spacial score (nSPS) is 18.4. The zero-order valence-electron chi connectivity index (χ0n) is 23.2. The fourth-order valence-electron chi connectivity index (χ4n) is 4.48. The van der Waals surface area contributed by atoms with Crippen molar-refractivity contribution in [2.75, 3.05) is 18.5 Å². The minimum atomic E-state index is -0.0731. The molecule has 3 aromatic rings. The van der Waals surface area contributed by atoms with E-state index in [1.807, 2.05) is 24.6 Å². The Bertz CT molecular complexity index is 1450. The quantitative estimate of drug-likeness (QED) is 0.236. The van der Waals surface area contributed by atoms with Gasteiger partial charge in [-0.05, 0) is 39.0 Å². The predicted molar refractivity (Wildman–Crippen MR) is 150 cm³/mol. The summed E-state index contributed by atoms with van der Waals surface area (Å²) >= 11 is 0. The van der Waals surface area contributed by atoms with E-state index in [0.29, 0.717) is 35.5 Å². The van der Waals surface area contributed by atoms with Gasteiger partial charge in [-0.1, -0.05) is 20.8 Å². The number of aromatic nitrogens is 5. The lowest BCUT2D eigenvalue weighted by Gasteiger charge is -2.22. The van der Waals surface area contributed by atoms with Crippen LogP contribution in [-0.4, -0.2) is 50.2 Å². The van der Waals surface area contributed by atoms with Gasteiger partial charge in [-0.25, -0.2) is 9.98 Å². The Labute approximate surface area is 228 Å². The summed E-state index contributed by atoms with van der Waals surface area (Å²) in [7, 11) is 1.92. The molecule has 4 heterocycles. The third-order valence-corrected chi connectivity index (χ3v) is 6.88. The van der Waals surface area contributed by atoms with E-state index in [2.05, 4.69) is 63.8 Å². The Balaban J connectivity index is 1.36. The number of nitrogens with one attached hydrogen (secondary N) is 2. The highest BCUT2D eigenvalue weighted by Crippen LogP contribution is 2.32. The number of amides is 1. The number of hydrogen-bond donors (Lipinski definition) is 2. The topological polar surface area (TPSA) is 120 Å². The Morgan fingerprint density at radius 1 is 1.28 bits per heavy atom. The minimum absolute atomic E-state index is 0.0434. The van der Waals surface area contributed by atoms with Crippen molar-refractivity contribution in [3.63, 3.8) is 0 Å². The fourth-order valence-corrected chi connectivity index (χ4v) is 4.48. The molecule has 0 radical (unpaired) electrons. The van der Waals surface area contributed by atoms with Gasteiger partial charge >= 0.3 is 0 Å². The van der Waals surface area contributed by atoms with E-state index in [1.54, 1.807) is 18.3 Å². The molecule has 0 unspecified atom stereocenters. The molecule has 1 aliphatic heterocycles. The van der Waals surface area contributed by atoms with E-state index in [-0.39, 0.29) is 23.3 Å². The third kappa shape index (κ3) is 5.88. The molecule has 11 nitrogen and oxygen atoms in total. The highest BCUT2D eigenvalue weighted by atomic mass is 16.5. The van der Waals surface area contributed by atoms with Crippen molar-refractivity contribution < 1.29 is 14.3 Å². The lowest BCUT2D eigenvalue weighted by Crippen LogP contribution is -2.23. The van der Waals surface area contributed by atoms with E-state index in [1.165, 1.54) is 0 Å². The van der Waals surface area contributed by atoms with Crippen molar-refractivity contribution in [2.45, 2.75) is 58.4 Å². The Hall–Kier alpha value is -3.99. The molecule has 1 atom stereocenters. The van der Waals surface area contributed by atoms with Crippen LogP contribution in [0.15, 0.2) is 47.1 Å². The maximum Gasteiger partial charge on any atom is 0.228 e. The van der Waals surface area contributed by atoms with Gasteiger partial charge in [0.25, 0.3) is 0 Å². The summed E-state index contributed by atoms with van der Waals surface area (Å²) in [5.41, 5.74) is 2.44. The molecule has 5 rings (SSSR count). The molecule has 1 amide bonds. The molecule has 0 spiro atoms. The molecule has 0 aromatic carbocycles. The van der Waals surface area contributed by atoms with Crippen LogP contribution in [0.25, 0.3) is 11.2 Å². The van der Waals surface area contributed by atoms with Crippen LogP contribution in [0.1, 0.15) is 58.7 Å². The summed E-state index contributed by atoms with van der Waals surface area (Å²) in [5, 5.41) is 11.0. The van der Waals surface area contributed by atoms with Crippen molar-refractivity contribution >= 4 is 35.6 Å². The van der Waals surface area contributed by atoms with Crippen LogP contribution in [0.5, 0.6) is 5.75 Å². The molecule has 1 aliphatic carbocycles.